The summed E-state index contributed by atoms with van der Waals surface area (Å²) >= 11 is 0. The van der Waals surface area contributed by atoms with Gasteiger partial charge in [-0.3, -0.25) is 0 Å². The van der Waals surface area contributed by atoms with Crippen LogP contribution in [0.5, 0.6) is 5.75 Å². The van der Waals surface area contributed by atoms with Crippen molar-refractivity contribution in [2.75, 3.05) is 13.7 Å². The van der Waals surface area contributed by atoms with Crippen molar-refractivity contribution >= 4 is 5.76 Å². The molecule has 0 heterocycles. The third-order valence-electron chi connectivity index (χ3n) is 6.59. The molecular formula is C36H38O5. The predicted octanol–water partition coefficient (Wildman–Crippen LogP) is 7.62. The van der Waals surface area contributed by atoms with E-state index in [1.54, 1.807) is 13.2 Å². The van der Waals surface area contributed by atoms with Crippen LogP contribution in [0, 0.1) is 0 Å². The zero-order valence-corrected chi connectivity index (χ0v) is 23.6. The fourth-order valence-corrected chi connectivity index (χ4v) is 4.33. The molecule has 0 saturated carbocycles. The van der Waals surface area contributed by atoms with Crippen molar-refractivity contribution in [3.8, 4) is 5.75 Å². The Morgan fingerprint density at radius 3 is 1.71 bits per heavy atom. The summed E-state index contributed by atoms with van der Waals surface area (Å²) < 4.78 is 30.9. The van der Waals surface area contributed by atoms with Crippen LogP contribution >= 0.6 is 0 Å². The van der Waals surface area contributed by atoms with Crippen LogP contribution in [0.15, 0.2) is 134 Å². The van der Waals surface area contributed by atoms with Crippen molar-refractivity contribution in [3.05, 3.63) is 157 Å². The fraction of sp³-hybridized carbons (Fsp3) is 0.222. The fourth-order valence-electron chi connectivity index (χ4n) is 4.33. The highest BCUT2D eigenvalue weighted by atomic mass is 16.6. The normalized spacial score (nSPS) is 13.1. The van der Waals surface area contributed by atoms with Gasteiger partial charge in [0, 0.05) is 5.56 Å². The predicted molar refractivity (Wildman–Crippen MR) is 163 cm³/mol. The highest BCUT2D eigenvalue weighted by Gasteiger charge is 2.32. The molecule has 0 spiro atoms. The average Bonchev–Trinajstić information content (AvgIpc) is 3.03. The van der Waals surface area contributed by atoms with Gasteiger partial charge in [0.1, 0.15) is 23.7 Å². The number of methoxy groups -OCH3 is 1. The molecule has 0 aliphatic carbocycles. The maximum absolute atomic E-state index is 6.55. The first-order chi connectivity index (χ1) is 20.2. The van der Waals surface area contributed by atoms with Gasteiger partial charge in [0.15, 0.2) is 6.10 Å². The van der Waals surface area contributed by atoms with E-state index in [9.17, 15) is 0 Å². The highest BCUT2D eigenvalue weighted by molar-refractivity contribution is 5.58. The lowest BCUT2D eigenvalue weighted by Crippen LogP contribution is -2.44. The van der Waals surface area contributed by atoms with Gasteiger partial charge in [0.25, 0.3) is 0 Å². The highest BCUT2D eigenvalue weighted by Crippen LogP contribution is 2.25. The second-order valence-electron chi connectivity index (χ2n) is 9.57. The van der Waals surface area contributed by atoms with Gasteiger partial charge in [-0.15, -0.1) is 6.58 Å². The van der Waals surface area contributed by atoms with Crippen LogP contribution in [-0.2, 0) is 38.8 Å². The molecule has 0 aliphatic rings. The molecule has 0 bridgehead atoms. The van der Waals surface area contributed by atoms with E-state index in [1.165, 1.54) is 0 Å². The quantitative estimate of drug-likeness (QED) is 0.0999. The standard InChI is InChI=1S/C36H38O5/c1-4-34(39-25-30-16-10-6-11-17-30)36(40-26-31-18-12-7-13-19-31)35(27-38-24-29-14-8-5-9-15-29)41-28(2)32-20-22-33(37-3)23-21-32/h4-23,34-36H,1-2,24-27H2,3H3/t34-,35-,36+/m1/s1. The first-order valence-electron chi connectivity index (χ1n) is 13.7. The monoisotopic (exact) mass is 550 g/mol. The number of ether oxygens (including phenoxy) is 5. The lowest BCUT2D eigenvalue weighted by Gasteiger charge is -2.33. The topological polar surface area (TPSA) is 46.2 Å². The zero-order chi connectivity index (χ0) is 28.7. The molecule has 4 rings (SSSR count). The second-order valence-corrected chi connectivity index (χ2v) is 9.57. The Morgan fingerprint density at radius 2 is 1.20 bits per heavy atom. The Hall–Kier alpha value is -4.16. The largest absolute Gasteiger partial charge is 0.497 e. The summed E-state index contributed by atoms with van der Waals surface area (Å²) in [6.07, 6.45) is 0.202. The molecule has 0 saturated heterocycles. The minimum Gasteiger partial charge on any atom is -0.497 e. The Bertz CT molecular complexity index is 1310. The molecule has 5 heteroatoms. The molecule has 0 unspecified atom stereocenters. The minimum atomic E-state index is -0.546. The van der Waals surface area contributed by atoms with Gasteiger partial charge >= 0.3 is 0 Å². The minimum absolute atomic E-state index is 0.253. The molecule has 0 N–H and O–H groups in total. The summed E-state index contributed by atoms with van der Waals surface area (Å²) in [5.41, 5.74) is 4.01. The van der Waals surface area contributed by atoms with Gasteiger partial charge < -0.3 is 23.7 Å². The van der Waals surface area contributed by atoms with Gasteiger partial charge in [0.2, 0.25) is 0 Å². The van der Waals surface area contributed by atoms with Gasteiger partial charge in [-0.25, -0.2) is 0 Å². The molecule has 4 aromatic rings. The Morgan fingerprint density at radius 1 is 0.683 bits per heavy atom. The summed E-state index contributed by atoms with van der Waals surface area (Å²) in [6, 6.07) is 37.7. The van der Waals surface area contributed by atoms with Crippen LogP contribution in [0.2, 0.25) is 0 Å². The second kappa shape index (κ2) is 16.2. The lowest BCUT2D eigenvalue weighted by molar-refractivity contribution is -0.132. The summed E-state index contributed by atoms with van der Waals surface area (Å²) in [7, 11) is 1.64. The van der Waals surface area contributed by atoms with Gasteiger partial charge in [0.05, 0.1) is 33.5 Å². The van der Waals surface area contributed by atoms with Crippen LogP contribution in [0.3, 0.4) is 0 Å². The summed E-state index contributed by atoms with van der Waals surface area (Å²) in [4.78, 5) is 0. The van der Waals surface area contributed by atoms with E-state index in [4.69, 9.17) is 23.7 Å². The first-order valence-corrected chi connectivity index (χ1v) is 13.7. The van der Waals surface area contributed by atoms with Gasteiger partial charge in [-0.2, -0.15) is 0 Å². The number of hydrogen-bond acceptors (Lipinski definition) is 5. The number of benzene rings is 4. The van der Waals surface area contributed by atoms with E-state index in [2.05, 4.69) is 13.2 Å². The van der Waals surface area contributed by atoms with E-state index in [0.29, 0.717) is 25.6 Å². The Balaban J connectivity index is 1.57. The van der Waals surface area contributed by atoms with E-state index < -0.39 is 18.3 Å². The molecule has 4 aromatic carbocycles. The Kier molecular flexibility index (Phi) is 11.8. The third kappa shape index (κ3) is 9.47. The molecule has 0 aromatic heterocycles. The first kappa shape index (κ1) is 29.8. The van der Waals surface area contributed by atoms with Crippen LogP contribution in [0.1, 0.15) is 22.3 Å². The zero-order valence-electron chi connectivity index (χ0n) is 23.6. The van der Waals surface area contributed by atoms with Crippen molar-refractivity contribution in [3.63, 3.8) is 0 Å². The number of rotatable bonds is 17. The molecule has 3 atom stereocenters. The third-order valence-corrected chi connectivity index (χ3v) is 6.59. The molecular weight excluding hydrogens is 512 g/mol. The van der Waals surface area contributed by atoms with Crippen molar-refractivity contribution < 1.29 is 23.7 Å². The average molecular weight is 551 g/mol. The van der Waals surface area contributed by atoms with Crippen LogP contribution in [0.4, 0.5) is 0 Å². The maximum atomic E-state index is 6.55. The SMILES string of the molecule is C=C[C@@H](OCc1ccccc1)[C@H](OCc1ccccc1)[C@@H](COCc1ccccc1)OC(=C)c1ccc(OC)cc1. The molecule has 0 radical (unpaired) electrons. The Labute approximate surface area is 243 Å². The van der Waals surface area contributed by atoms with E-state index in [1.807, 2.05) is 115 Å². The summed E-state index contributed by atoms with van der Waals surface area (Å²) in [5.74, 6) is 1.26. The van der Waals surface area contributed by atoms with Gasteiger partial charge in [-0.05, 0) is 41.0 Å². The molecule has 0 aliphatic heterocycles. The summed E-state index contributed by atoms with van der Waals surface area (Å²) in [5, 5.41) is 0. The number of hydrogen-bond donors (Lipinski definition) is 0. The van der Waals surface area contributed by atoms with Crippen LogP contribution in [0.25, 0.3) is 5.76 Å². The van der Waals surface area contributed by atoms with Crippen molar-refractivity contribution in [2.24, 2.45) is 0 Å². The van der Waals surface area contributed by atoms with E-state index in [-0.39, 0.29) is 6.61 Å². The molecule has 0 fully saturated rings. The summed E-state index contributed by atoms with van der Waals surface area (Å²) in [6.45, 7) is 9.77. The van der Waals surface area contributed by atoms with Crippen molar-refractivity contribution in [1.82, 2.24) is 0 Å². The van der Waals surface area contributed by atoms with Gasteiger partial charge in [-0.1, -0.05) is 104 Å². The van der Waals surface area contributed by atoms with Crippen molar-refractivity contribution in [2.45, 2.75) is 38.1 Å². The molecule has 41 heavy (non-hydrogen) atoms. The molecule has 5 nitrogen and oxygen atoms in total. The lowest BCUT2D eigenvalue weighted by atomic mass is 10.1. The van der Waals surface area contributed by atoms with E-state index in [0.717, 1.165) is 28.0 Å². The smallest absolute Gasteiger partial charge is 0.151 e. The van der Waals surface area contributed by atoms with Crippen LogP contribution in [-0.4, -0.2) is 32.0 Å². The molecule has 0 amide bonds. The van der Waals surface area contributed by atoms with Crippen molar-refractivity contribution in [1.29, 1.82) is 0 Å². The van der Waals surface area contributed by atoms with E-state index >= 15 is 0 Å². The maximum Gasteiger partial charge on any atom is 0.151 e. The van der Waals surface area contributed by atoms with Crippen LogP contribution < -0.4 is 4.74 Å². The molecule has 212 valence electrons.